The maximum absolute atomic E-state index is 11.9. The van der Waals surface area contributed by atoms with Gasteiger partial charge in [0.05, 0.1) is 5.92 Å². The number of amides is 1. The third kappa shape index (κ3) is 3.69. The van der Waals surface area contributed by atoms with Crippen LogP contribution in [0.3, 0.4) is 0 Å². The molecule has 0 atom stereocenters. The molecular formula is C12H16BrClN2O. The van der Waals surface area contributed by atoms with Crippen molar-refractivity contribution in [3.63, 3.8) is 0 Å². The molecular weight excluding hydrogens is 304 g/mol. The number of nitrogens with zero attached hydrogens (tertiary/aromatic N) is 1. The van der Waals surface area contributed by atoms with Crippen molar-refractivity contribution in [2.45, 2.75) is 6.54 Å². The van der Waals surface area contributed by atoms with E-state index < -0.39 is 0 Å². The number of benzene rings is 1. The molecule has 0 aromatic heterocycles. The predicted octanol–water partition coefficient (Wildman–Crippen LogP) is 2.05. The van der Waals surface area contributed by atoms with Crippen LogP contribution >= 0.6 is 28.3 Å². The standard InChI is InChI=1S/C12H15BrN2O.ClH/c1-15(12(16)10-6-14-7-10)8-9-3-2-4-11(13)5-9;/h2-5,10,14H,6-8H2,1H3;1H. The molecule has 1 aliphatic heterocycles. The van der Waals surface area contributed by atoms with Gasteiger partial charge in [0.2, 0.25) is 5.91 Å². The van der Waals surface area contributed by atoms with E-state index in [4.69, 9.17) is 0 Å². The Morgan fingerprint density at radius 1 is 1.53 bits per heavy atom. The number of carbonyl (C=O) groups is 1. The maximum Gasteiger partial charge on any atom is 0.228 e. The van der Waals surface area contributed by atoms with Gasteiger partial charge in [0, 0.05) is 31.2 Å². The average molecular weight is 320 g/mol. The van der Waals surface area contributed by atoms with E-state index in [-0.39, 0.29) is 24.2 Å². The van der Waals surface area contributed by atoms with Gasteiger partial charge in [-0.05, 0) is 17.7 Å². The van der Waals surface area contributed by atoms with Crippen molar-refractivity contribution < 1.29 is 4.79 Å². The summed E-state index contributed by atoms with van der Waals surface area (Å²) in [6.07, 6.45) is 0. The average Bonchev–Trinajstić information content (AvgIpc) is 2.14. The molecule has 1 saturated heterocycles. The highest BCUT2D eigenvalue weighted by molar-refractivity contribution is 9.10. The van der Waals surface area contributed by atoms with Crippen molar-refractivity contribution in [3.05, 3.63) is 34.3 Å². The minimum atomic E-state index is 0. The summed E-state index contributed by atoms with van der Waals surface area (Å²) in [6, 6.07) is 8.06. The largest absolute Gasteiger partial charge is 0.341 e. The number of carbonyl (C=O) groups excluding carboxylic acids is 1. The first-order chi connectivity index (χ1) is 7.66. The van der Waals surface area contributed by atoms with Crippen LogP contribution in [0.25, 0.3) is 0 Å². The summed E-state index contributed by atoms with van der Waals surface area (Å²) >= 11 is 3.43. The van der Waals surface area contributed by atoms with Crippen molar-refractivity contribution in [2.24, 2.45) is 5.92 Å². The molecule has 1 N–H and O–H groups in total. The zero-order valence-corrected chi connectivity index (χ0v) is 12.1. The van der Waals surface area contributed by atoms with E-state index in [1.807, 2.05) is 31.3 Å². The van der Waals surface area contributed by atoms with Gasteiger partial charge in [-0.25, -0.2) is 0 Å². The second-order valence-corrected chi connectivity index (χ2v) is 5.10. The molecule has 0 unspecified atom stereocenters. The topological polar surface area (TPSA) is 32.3 Å². The molecule has 1 heterocycles. The Kier molecular flexibility index (Phi) is 5.43. The molecule has 1 aromatic rings. The molecule has 0 spiro atoms. The molecule has 17 heavy (non-hydrogen) atoms. The quantitative estimate of drug-likeness (QED) is 0.925. The summed E-state index contributed by atoms with van der Waals surface area (Å²) < 4.78 is 1.05. The van der Waals surface area contributed by atoms with E-state index in [0.29, 0.717) is 6.54 Å². The van der Waals surface area contributed by atoms with Crippen LogP contribution in [0.1, 0.15) is 5.56 Å². The van der Waals surface area contributed by atoms with Gasteiger partial charge in [0.1, 0.15) is 0 Å². The Morgan fingerprint density at radius 2 is 2.24 bits per heavy atom. The second kappa shape index (κ2) is 6.38. The smallest absolute Gasteiger partial charge is 0.228 e. The van der Waals surface area contributed by atoms with Gasteiger partial charge in [-0.3, -0.25) is 4.79 Å². The van der Waals surface area contributed by atoms with Crippen LogP contribution in [-0.2, 0) is 11.3 Å². The Labute approximate surface area is 116 Å². The van der Waals surface area contributed by atoms with Crippen molar-refractivity contribution >= 4 is 34.2 Å². The summed E-state index contributed by atoms with van der Waals surface area (Å²) in [4.78, 5) is 13.7. The van der Waals surface area contributed by atoms with Crippen molar-refractivity contribution in [3.8, 4) is 0 Å². The summed E-state index contributed by atoms with van der Waals surface area (Å²) in [5.41, 5.74) is 1.15. The van der Waals surface area contributed by atoms with Crippen LogP contribution in [0.4, 0.5) is 0 Å². The third-order valence-corrected chi connectivity index (χ3v) is 3.31. The first-order valence-corrected chi connectivity index (χ1v) is 6.16. The van der Waals surface area contributed by atoms with Gasteiger partial charge < -0.3 is 10.2 Å². The molecule has 1 aliphatic rings. The van der Waals surface area contributed by atoms with Gasteiger partial charge in [-0.1, -0.05) is 28.1 Å². The Hall–Kier alpha value is -0.580. The van der Waals surface area contributed by atoms with Gasteiger partial charge in [0.25, 0.3) is 0 Å². The number of halogens is 2. The molecule has 1 fully saturated rings. The first kappa shape index (κ1) is 14.5. The highest BCUT2D eigenvalue weighted by atomic mass is 79.9. The molecule has 0 saturated carbocycles. The number of rotatable bonds is 3. The van der Waals surface area contributed by atoms with Crippen molar-refractivity contribution in [1.82, 2.24) is 10.2 Å². The lowest BCUT2D eigenvalue weighted by Gasteiger charge is -2.30. The lowest BCUT2D eigenvalue weighted by molar-refractivity contribution is -0.136. The Bertz CT molecular complexity index is 396. The van der Waals surface area contributed by atoms with E-state index in [9.17, 15) is 4.79 Å². The minimum Gasteiger partial charge on any atom is -0.341 e. The highest BCUT2D eigenvalue weighted by Gasteiger charge is 2.27. The zero-order chi connectivity index (χ0) is 11.5. The predicted molar refractivity (Wildman–Crippen MR) is 74.2 cm³/mol. The van der Waals surface area contributed by atoms with Crippen LogP contribution < -0.4 is 5.32 Å². The lowest BCUT2D eigenvalue weighted by atomic mass is 10.0. The van der Waals surface area contributed by atoms with Crippen molar-refractivity contribution in [2.75, 3.05) is 20.1 Å². The summed E-state index contributed by atoms with van der Waals surface area (Å²) in [5, 5.41) is 3.11. The van der Waals surface area contributed by atoms with E-state index >= 15 is 0 Å². The number of nitrogens with one attached hydrogen (secondary N) is 1. The van der Waals surface area contributed by atoms with E-state index in [1.165, 1.54) is 0 Å². The monoisotopic (exact) mass is 318 g/mol. The van der Waals surface area contributed by atoms with Crippen LogP contribution in [-0.4, -0.2) is 30.9 Å². The zero-order valence-electron chi connectivity index (χ0n) is 9.65. The van der Waals surface area contributed by atoms with Gasteiger partial charge in [-0.2, -0.15) is 0 Å². The summed E-state index contributed by atoms with van der Waals surface area (Å²) in [5.74, 6) is 0.413. The molecule has 1 amide bonds. The molecule has 1 aromatic carbocycles. The Morgan fingerprint density at radius 3 is 2.76 bits per heavy atom. The van der Waals surface area contributed by atoms with E-state index in [1.54, 1.807) is 4.90 Å². The molecule has 2 rings (SSSR count). The first-order valence-electron chi connectivity index (χ1n) is 5.37. The van der Waals surface area contributed by atoms with Crippen molar-refractivity contribution in [1.29, 1.82) is 0 Å². The van der Waals surface area contributed by atoms with E-state index in [0.717, 1.165) is 23.1 Å². The normalized spacial score (nSPS) is 14.7. The molecule has 94 valence electrons. The SMILES string of the molecule is CN(Cc1cccc(Br)c1)C(=O)C1CNC1.Cl. The van der Waals surface area contributed by atoms with E-state index in [2.05, 4.69) is 21.2 Å². The number of hydrogen-bond donors (Lipinski definition) is 1. The van der Waals surface area contributed by atoms with Crippen LogP contribution in [0.2, 0.25) is 0 Å². The van der Waals surface area contributed by atoms with Gasteiger partial charge in [0.15, 0.2) is 0 Å². The summed E-state index contributed by atoms with van der Waals surface area (Å²) in [7, 11) is 1.86. The van der Waals surface area contributed by atoms with Crippen LogP contribution in [0, 0.1) is 5.92 Å². The summed E-state index contributed by atoms with van der Waals surface area (Å²) in [6.45, 7) is 2.32. The highest BCUT2D eigenvalue weighted by Crippen LogP contribution is 2.14. The van der Waals surface area contributed by atoms with Gasteiger partial charge >= 0.3 is 0 Å². The fourth-order valence-electron chi connectivity index (χ4n) is 1.76. The maximum atomic E-state index is 11.9. The molecule has 0 bridgehead atoms. The third-order valence-electron chi connectivity index (χ3n) is 2.82. The van der Waals surface area contributed by atoms with Gasteiger partial charge in [-0.15, -0.1) is 12.4 Å². The fraction of sp³-hybridized carbons (Fsp3) is 0.417. The number of hydrogen-bond acceptors (Lipinski definition) is 2. The van der Waals surface area contributed by atoms with Crippen LogP contribution in [0.5, 0.6) is 0 Å². The second-order valence-electron chi connectivity index (χ2n) is 4.18. The lowest BCUT2D eigenvalue weighted by Crippen LogP contribution is -2.50. The molecule has 3 nitrogen and oxygen atoms in total. The Balaban J connectivity index is 0.00000144. The van der Waals surface area contributed by atoms with Crippen LogP contribution in [0.15, 0.2) is 28.7 Å². The molecule has 5 heteroatoms. The fourth-order valence-corrected chi connectivity index (χ4v) is 2.21. The minimum absolute atomic E-state index is 0. The molecule has 0 aliphatic carbocycles. The molecule has 0 radical (unpaired) electrons.